The quantitative estimate of drug-likeness (QED) is 0.935. The van der Waals surface area contributed by atoms with Crippen molar-refractivity contribution in [2.75, 3.05) is 13.2 Å². The van der Waals surface area contributed by atoms with Gasteiger partial charge in [0.05, 0.1) is 6.61 Å². The van der Waals surface area contributed by atoms with Crippen molar-refractivity contribution in [1.82, 2.24) is 5.32 Å². The molecule has 0 aromatic heterocycles. The van der Waals surface area contributed by atoms with Gasteiger partial charge in [0, 0.05) is 5.92 Å². The molecule has 5 heteroatoms. The fourth-order valence-corrected chi connectivity index (χ4v) is 2.66. The van der Waals surface area contributed by atoms with E-state index in [9.17, 15) is 9.59 Å². The summed E-state index contributed by atoms with van der Waals surface area (Å²) >= 11 is 0. The Bertz CT molecular complexity index is 782. The highest BCUT2D eigenvalue weighted by Crippen LogP contribution is 2.33. The maximum atomic E-state index is 11.6. The maximum absolute atomic E-state index is 11.6. The first-order valence-corrected chi connectivity index (χ1v) is 7.49. The Balaban J connectivity index is 1.66. The van der Waals surface area contributed by atoms with Crippen molar-refractivity contribution >= 4 is 29.0 Å². The Labute approximate surface area is 133 Å². The lowest BCUT2D eigenvalue weighted by Crippen LogP contribution is -2.32. The Morgan fingerprint density at radius 2 is 1.78 bits per heavy atom. The second kappa shape index (κ2) is 6.52. The first-order chi connectivity index (χ1) is 11.2. The van der Waals surface area contributed by atoms with Crippen LogP contribution in [0.3, 0.4) is 0 Å². The van der Waals surface area contributed by atoms with Crippen LogP contribution in [0, 0.1) is 0 Å². The number of fused-ring (bicyclic) bond motifs is 2. The predicted octanol–water partition coefficient (Wildman–Crippen LogP) is 3.83. The number of nitrogens with one attached hydrogen (secondary N) is 1. The minimum atomic E-state index is -0.800. The molecule has 0 saturated carbocycles. The number of carbonyl (C=O) groups is 2. The molecule has 3 rings (SSSR count). The SMILES string of the molecule is CCOC(=O)NC(=O)OCC1C=Cc2cc3ccccc3cc21. The summed E-state index contributed by atoms with van der Waals surface area (Å²) in [6, 6.07) is 12.4. The van der Waals surface area contributed by atoms with Crippen molar-refractivity contribution in [3.63, 3.8) is 0 Å². The Kier molecular flexibility index (Phi) is 4.28. The molecule has 2 amide bonds. The van der Waals surface area contributed by atoms with E-state index < -0.39 is 12.2 Å². The molecule has 0 spiro atoms. The highest BCUT2D eigenvalue weighted by atomic mass is 16.6. The zero-order valence-corrected chi connectivity index (χ0v) is 12.7. The Hall–Kier alpha value is -2.82. The van der Waals surface area contributed by atoms with Gasteiger partial charge in [-0.1, -0.05) is 36.4 Å². The van der Waals surface area contributed by atoms with Crippen LogP contribution in [0.5, 0.6) is 0 Å². The number of rotatable bonds is 3. The van der Waals surface area contributed by atoms with Crippen LogP contribution < -0.4 is 5.32 Å². The summed E-state index contributed by atoms with van der Waals surface area (Å²) in [7, 11) is 0. The van der Waals surface area contributed by atoms with Crippen LogP contribution in [0.2, 0.25) is 0 Å². The lowest BCUT2D eigenvalue weighted by Gasteiger charge is -2.13. The van der Waals surface area contributed by atoms with Crippen LogP contribution in [0.1, 0.15) is 24.0 Å². The van der Waals surface area contributed by atoms with E-state index in [4.69, 9.17) is 4.74 Å². The smallest absolute Gasteiger partial charge is 0.416 e. The zero-order chi connectivity index (χ0) is 16.2. The van der Waals surface area contributed by atoms with E-state index in [0.29, 0.717) is 0 Å². The van der Waals surface area contributed by atoms with Crippen LogP contribution in [0.4, 0.5) is 9.59 Å². The van der Waals surface area contributed by atoms with Crippen LogP contribution >= 0.6 is 0 Å². The summed E-state index contributed by atoms with van der Waals surface area (Å²) in [5.41, 5.74) is 2.25. The zero-order valence-electron chi connectivity index (χ0n) is 12.7. The number of ether oxygens (including phenoxy) is 2. The van der Waals surface area contributed by atoms with E-state index in [-0.39, 0.29) is 19.1 Å². The molecule has 2 aromatic carbocycles. The van der Waals surface area contributed by atoms with Gasteiger partial charge in [0.15, 0.2) is 0 Å². The lowest BCUT2D eigenvalue weighted by molar-refractivity contribution is 0.125. The fourth-order valence-electron chi connectivity index (χ4n) is 2.66. The molecule has 1 N–H and O–H groups in total. The Morgan fingerprint density at radius 3 is 2.52 bits per heavy atom. The van der Waals surface area contributed by atoms with Crippen LogP contribution in [-0.4, -0.2) is 25.4 Å². The number of alkyl carbamates (subject to hydrolysis) is 2. The van der Waals surface area contributed by atoms with Gasteiger partial charge in [-0.25, -0.2) is 14.9 Å². The van der Waals surface area contributed by atoms with Gasteiger partial charge >= 0.3 is 12.2 Å². The summed E-state index contributed by atoms with van der Waals surface area (Å²) < 4.78 is 9.73. The highest BCUT2D eigenvalue weighted by Gasteiger charge is 2.20. The van der Waals surface area contributed by atoms with Crippen molar-refractivity contribution in [2.24, 2.45) is 0 Å². The van der Waals surface area contributed by atoms with Crippen molar-refractivity contribution in [1.29, 1.82) is 0 Å². The van der Waals surface area contributed by atoms with Crippen molar-refractivity contribution in [3.05, 3.63) is 53.6 Å². The lowest BCUT2D eigenvalue weighted by atomic mass is 9.97. The summed E-state index contributed by atoms with van der Waals surface area (Å²) in [4.78, 5) is 22.7. The van der Waals surface area contributed by atoms with E-state index in [1.54, 1.807) is 6.92 Å². The summed E-state index contributed by atoms with van der Waals surface area (Å²) in [5, 5.41) is 4.34. The molecule has 1 aliphatic rings. The van der Waals surface area contributed by atoms with Crippen LogP contribution in [0.25, 0.3) is 16.8 Å². The molecule has 118 valence electrons. The third-order valence-electron chi connectivity index (χ3n) is 3.73. The second-order valence-corrected chi connectivity index (χ2v) is 5.24. The third-order valence-corrected chi connectivity index (χ3v) is 3.73. The number of hydrogen-bond donors (Lipinski definition) is 1. The topological polar surface area (TPSA) is 64.6 Å². The predicted molar refractivity (Wildman–Crippen MR) is 87.2 cm³/mol. The van der Waals surface area contributed by atoms with Gasteiger partial charge in [0.1, 0.15) is 6.61 Å². The van der Waals surface area contributed by atoms with Gasteiger partial charge in [-0.05, 0) is 41.0 Å². The molecule has 0 radical (unpaired) electrons. The number of amides is 2. The summed E-state index contributed by atoms with van der Waals surface area (Å²) in [5.74, 6) is -0.0115. The minimum Gasteiger partial charge on any atom is -0.449 e. The van der Waals surface area contributed by atoms with Crippen molar-refractivity contribution in [3.8, 4) is 0 Å². The molecule has 23 heavy (non-hydrogen) atoms. The van der Waals surface area contributed by atoms with E-state index in [1.807, 2.05) is 29.6 Å². The maximum Gasteiger partial charge on any atom is 0.416 e. The molecule has 0 aliphatic heterocycles. The molecule has 5 nitrogen and oxygen atoms in total. The Morgan fingerprint density at radius 1 is 1.09 bits per heavy atom. The van der Waals surface area contributed by atoms with E-state index in [1.165, 1.54) is 5.39 Å². The third kappa shape index (κ3) is 3.34. The molecule has 2 aromatic rings. The molecule has 0 heterocycles. The number of imide groups is 1. The van der Waals surface area contributed by atoms with Gasteiger partial charge in [-0.3, -0.25) is 0 Å². The molecule has 0 bridgehead atoms. The normalized spacial score (nSPS) is 15.3. The van der Waals surface area contributed by atoms with Gasteiger partial charge < -0.3 is 9.47 Å². The standard InChI is InChI=1S/C18H17NO4/c1-2-22-17(20)19-18(21)23-11-15-8-7-14-9-12-5-3-4-6-13(12)10-16(14)15/h3-10,15H,2,11H2,1H3,(H,19,20,21). The minimum absolute atomic E-state index is 0.0115. The van der Waals surface area contributed by atoms with Crippen LogP contribution in [0.15, 0.2) is 42.5 Å². The second-order valence-electron chi connectivity index (χ2n) is 5.24. The van der Waals surface area contributed by atoms with Gasteiger partial charge in [-0.2, -0.15) is 0 Å². The monoisotopic (exact) mass is 311 g/mol. The largest absolute Gasteiger partial charge is 0.449 e. The van der Waals surface area contributed by atoms with Gasteiger partial charge in [-0.15, -0.1) is 0 Å². The molecular weight excluding hydrogens is 294 g/mol. The fraction of sp³-hybridized carbons (Fsp3) is 0.222. The average Bonchev–Trinajstić information content (AvgIpc) is 2.93. The van der Waals surface area contributed by atoms with Gasteiger partial charge in [0.2, 0.25) is 0 Å². The summed E-state index contributed by atoms with van der Waals surface area (Å²) in [6.07, 6.45) is 2.43. The van der Waals surface area contributed by atoms with E-state index in [0.717, 1.165) is 16.5 Å². The average molecular weight is 311 g/mol. The van der Waals surface area contributed by atoms with Crippen molar-refractivity contribution < 1.29 is 19.1 Å². The van der Waals surface area contributed by atoms with E-state index in [2.05, 4.69) is 29.0 Å². The molecule has 0 fully saturated rings. The van der Waals surface area contributed by atoms with Crippen LogP contribution in [-0.2, 0) is 9.47 Å². The number of hydrogen-bond acceptors (Lipinski definition) is 4. The van der Waals surface area contributed by atoms with E-state index >= 15 is 0 Å². The highest BCUT2D eigenvalue weighted by molar-refractivity contribution is 5.88. The first-order valence-electron chi connectivity index (χ1n) is 7.49. The molecular formula is C18H17NO4. The first kappa shape index (κ1) is 15.1. The van der Waals surface area contributed by atoms with Crippen molar-refractivity contribution in [2.45, 2.75) is 12.8 Å². The molecule has 1 atom stereocenters. The molecule has 1 unspecified atom stereocenters. The number of benzene rings is 2. The summed E-state index contributed by atoms with van der Waals surface area (Å²) in [6.45, 7) is 2.04. The molecule has 0 saturated heterocycles. The number of carbonyl (C=O) groups excluding carboxylic acids is 2. The van der Waals surface area contributed by atoms with Gasteiger partial charge in [0.25, 0.3) is 0 Å². The molecule has 1 aliphatic carbocycles.